The van der Waals surface area contributed by atoms with Crippen molar-refractivity contribution in [1.82, 2.24) is 14.6 Å². The lowest BCUT2D eigenvalue weighted by molar-refractivity contribution is 0.179. The van der Waals surface area contributed by atoms with Crippen LogP contribution >= 0.6 is 34.8 Å². The molecule has 28 heavy (non-hydrogen) atoms. The van der Waals surface area contributed by atoms with Crippen molar-refractivity contribution in [2.24, 2.45) is 0 Å². The van der Waals surface area contributed by atoms with E-state index in [1.807, 2.05) is 0 Å². The van der Waals surface area contributed by atoms with Gasteiger partial charge in [0, 0.05) is 16.3 Å². The average molecular weight is 439 g/mol. The van der Waals surface area contributed by atoms with E-state index >= 15 is 0 Å². The first-order valence-electron chi connectivity index (χ1n) is 8.09. The molecule has 0 saturated carbocycles. The molecule has 142 valence electrons. The molecule has 0 fully saturated rings. The summed E-state index contributed by atoms with van der Waals surface area (Å²) in [5.74, 6) is -1.78. The molecule has 0 radical (unpaired) electrons. The van der Waals surface area contributed by atoms with Gasteiger partial charge in [-0.15, -0.1) is 0 Å². The summed E-state index contributed by atoms with van der Waals surface area (Å²) in [4.78, 5) is 16.5. The molecule has 2 heterocycles. The van der Waals surface area contributed by atoms with Crippen LogP contribution in [-0.4, -0.2) is 19.7 Å². The van der Waals surface area contributed by atoms with Crippen LogP contribution in [0.25, 0.3) is 5.52 Å². The maximum atomic E-state index is 14.3. The van der Waals surface area contributed by atoms with Gasteiger partial charge in [-0.2, -0.15) is 10.1 Å². The fraction of sp³-hybridized carbons (Fsp3) is 0.105. The van der Waals surface area contributed by atoms with E-state index in [0.717, 1.165) is 6.07 Å². The number of fused-ring (bicyclic) bond motifs is 1. The first-order valence-corrected chi connectivity index (χ1v) is 9.23. The maximum absolute atomic E-state index is 14.3. The fourth-order valence-electron chi connectivity index (χ4n) is 3.05. The van der Waals surface area contributed by atoms with Gasteiger partial charge in [-0.1, -0.05) is 40.9 Å². The van der Waals surface area contributed by atoms with E-state index in [4.69, 9.17) is 39.5 Å². The van der Waals surface area contributed by atoms with Crippen LogP contribution in [0, 0.1) is 5.82 Å². The minimum Gasteiger partial charge on any atom is -0.464 e. The van der Waals surface area contributed by atoms with Gasteiger partial charge in [0.2, 0.25) is 5.06 Å². The largest absolute Gasteiger partial charge is 0.464 e. The molecule has 0 spiro atoms. The Labute approximate surface area is 173 Å². The Hall–Kier alpha value is -2.41. The van der Waals surface area contributed by atoms with Crippen molar-refractivity contribution in [3.8, 4) is 5.75 Å². The van der Waals surface area contributed by atoms with Gasteiger partial charge in [-0.05, 0) is 42.5 Å². The lowest BCUT2D eigenvalue weighted by atomic mass is 9.89. The number of benzene rings is 1. The van der Waals surface area contributed by atoms with Crippen LogP contribution in [-0.2, 0) is 0 Å². The molecular formula is C19H11Cl3FN3O2. The van der Waals surface area contributed by atoms with Gasteiger partial charge in [0.1, 0.15) is 6.33 Å². The number of hydrogen-bond donors (Lipinski definition) is 0. The number of hydrogen-bond acceptors (Lipinski definition) is 4. The van der Waals surface area contributed by atoms with Crippen molar-refractivity contribution in [2.75, 3.05) is 0 Å². The quantitative estimate of drug-likeness (QED) is 0.558. The Balaban J connectivity index is 1.89. The van der Waals surface area contributed by atoms with E-state index in [1.165, 1.54) is 29.1 Å². The molecule has 1 aliphatic carbocycles. The average Bonchev–Trinajstić information content (AvgIpc) is 2.66. The highest BCUT2D eigenvalue weighted by Gasteiger charge is 2.44. The Morgan fingerprint density at radius 1 is 1.25 bits per heavy atom. The molecule has 2 atom stereocenters. The first-order chi connectivity index (χ1) is 13.4. The number of ether oxygens (including phenoxy) is 1. The molecule has 2 unspecified atom stereocenters. The van der Waals surface area contributed by atoms with Crippen molar-refractivity contribution < 1.29 is 9.13 Å². The molecule has 1 aromatic carbocycles. The van der Waals surface area contributed by atoms with Crippen LogP contribution in [0.15, 0.2) is 70.9 Å². The Morgan fingerprint density at radius 2 is 2.07 bits per heavy atom. The molecule has 2 aromatic heterocycles. The Morgan fingerprint density at radius 3 is 2.86 bits per heavy atom. The van der Waals surface area contributed by atoms with E-state index in [1.54, 1.807) is 30.5 Å². The zero-order valence-corrected chi connectivity index (χ0v) is 16.3. The van der Waals surface area contributed by atoms with Gasteiger partial charge < -0.3 is 4.74 Å². The number of allylic oxidation sites excluding steroid dienone is 2. The molecule has 0 bridgehead atoms. The van der Waals surface area contributed by atoms with E-state index in [2.05, 4.69) is 10.1 Å². The molecular weight excluding hydrogens is 428 g/mol. The Kier molecular flexibility index (Phi) is 4.87. The molecule has 4 rings (SSSR count). The summed E-state index contributed by atoms with van der Waals surface area (Å²) >= 11 is 19.0. The summed E-state index contributed by atoms with van der Waals surface area (Å²) in [5, 5.41) is 2.91. The van der Waals surface area contributed by atoms with Crippen LogP contribution in [0.5, 0.6) is 5.75 Å². The lowest BCUT2D eigenvalue weighted by Gasteiger charge is -2.35. The van der Waals surface area contributed by atoms with Gasteiger partial charge >= 0.3 is 0 Å². The third-order valence-electron chi connectivity index (χ3n) is 4.27. The summed E-state index contributed by atoms with van der Waals surface area (Å²) in [5.41, 5.74) is 0.107. The SMILES string of the molecule is O=c1ncn2ncccc2c1C1C(Cl)=CC=CC1(Cl)Oc1ccc(Cl)cc1F. The van der Waals surface area contributed by atoms with Crippen LogP contribution in [0.2, 0.25) is 5.02 Å². The summed E-state index contributed by atoms with van der Waals surface area (Å²) in [6, 6.07) is 7.29. The monoisotopic (exact) mass is 437 g/mol. The van der Waals surface area contributed by atoms with E-state index in [-0.39, 0.29) is 21.4 Å². The number of rotatable bonds is 3. The van der Waals surface area contributed by atoms with Gasteiger partial charge in [0.15, 0.2) is 11.6 Å². The van der Waals surface area contributed by atoms with Crippen LogP contribution in [0.1, 0.15) is 11.5 Å². The van der Waals surface area contributed by atoms with Gasteiger partial charge in [0.25, 0.3) is 5.56 Å². The summed E-state index contributed by atoms with van der Waals surface area (Å²) in [6.07, 6.45) is 7.52. The highest BCUT2D eigenvalue weighted by molar-refractivity contribution is 6.33. The number of alkyl halides is 1. The molecule has 0 aliphatic heterocycles. The van der Waals surface area contributed by atoms with Crippen molar-refractivity contribution in [1.29, 1.82) is 0 Å². The second-order valence-corrected chi connectivity index (χ2v) is 7.50. The van der Waals surface area contributed by atoms with Gasteiger partial charge in [-0.25, -0.2) is 8.91 Å². The predicted octanol–water partition coefficient (Wildman–Crippen LogP) is 4.67. The van der Waals surface area contributed by atoms with Crippen LogP contribution in [0.4, 0.5) is 4.39 Å². The summed E-state index contributed by atoms with van der Waals surface area (Å²) in [6.45, 7) is 0. The van der Waals surface area contributed by atoms with Crippen LogP contribution < -0.4 is 10.3 Å². The third-order valence-corrected chi connectivity index (χ3v) is 5.27. The van der Waals surface area contributed by atoms with Crippen molar-refractivity contribution in [3.05, 3.63) is 92.9 Å². The number of halogens is 4. The van der Waals surface area contributed by atoms with Crippen molar-refractivity contribution in [2.45, 2.75) is 11.0 Å². The van der Waals surface area contributed by atoms with Crippen molar-refractivity contribution in [3.63, 3.8) is 0 Å². The normalized spacial score (nSPS) is 21.6. The molecule has 3 aromatic rings. The smallest absolute Gasteiger partial charge is 0.277 e. The third kappa shape index (κ3) is 3.28. The summed E-state index contributed by atoms with van der Waals surface area (Å²) in [7, 11) is 0. The van der Waals surface area contributed by atoms with Crippen LogP contribution in [0.3, 0.4) is 0 Å². The van der Waals surface area contributed by atoms with Gasteiger partial charge in [-0.3, -0.25) is 4.79 Å². The van der Waals surface area contributed by atoms with E-state index in [0.29, 0.717) is 5.52 Å². The summed E-state index contributed by atoms with van der Waals surface area (Å²) < 4.78 is 21.5. The topological polar surface area (TPSA) is 56.5 Å². The standard InChI is InChI=1S/C19H11Cl3FN3O2/c20-11-5-6-15(13(23)9-11)28-19(22)7-1-3-12(21)17(19)16-14-4-2-8-25-26(14)10-24-18(16)27/h1-10,17H. The number of nitrogens with zero attached hydrogens (tertiary/aromatic N) is 3. The van der Waals surface area contributed by atoms with Crippen molar-refractivity contribution >= 4 is 40.3 Å². The maximum Gasteiger partial charge on any atom is 0.277 e. The van der Waals surface area contributed by atoms with E-state index in [9.17, 15) is 9.18 Å². The predicted molar refractivity (Wildman–Crippen MR) is 106 cm³/mol. The zero-order chi connectivity index (χ0) is 19.9. The molecule has 0 N–H and O–H groups in total. The van der Waals surface area contributed by atoms with E-state index < -0.39 is 22.4 Å². The highest BCUT2D eigenvalue weighted by Crippen LogP contribution is 2.46. The lowest BCUT2D eigenvalue weighted by Crippen LogP contribution is -2.39. The second-order valence-electron chi connectivity index (χ2n) is 6.04. The second kappa shape index (κ2) is 7.20. The Bertz CT molecular complexity index is 1190. The van der Waals surface area contributed by atoms with Gasteiger partial charge in [0.05, 0.1) is 17.0 Å². The number of aromatic nitrogens is 3. The molecule has 0 amide bonds. The molecule has 5 nitrogen and oxygen atoms in total. The molecule has 1 aliphatic rings. The minimum atomic E-state index is -1.67. The minimum absolute atomic E-state index is 0.133. The highest BCUT2D eigenvalue weighted by atomic mass is 35.5. The molecule has 9 heteroatoms. The molecule has 0 saturated heterocycles. The first kappa shape index (κ1) is 18.9. The fourth-order valence-corrected chi connectivity index (χ4v) is 3.99. The zero-order valence-electron chi connectivity index (χ0n) is 14.0.